The van der Waals surface area contributed by atoms with E-state index in [1.165, 1.54) is 22.8 Å². The van der Waals surface area contributed by atoms with Crippen molar-refractivity contribution in [3.63, 3.8) is 0 Å². The van der Waals surface area contributed by atoms with Gasteiger partial charge in [-0.1, -0.05) is 61.2 Å². The number of benzene rings is 2. The van der Waals surface area contributed by atoms with Crippen molar-refractivity contribution in [3.05, 3.63) is 72.8 Å². The largest absolute Gasteiger partial charge is 0.462 e. The summed E-state index contributed by atoms with van der Waals surface area (Å²) in [5.41, 5.74) is 3.78. The van der Waals surface area contributed by atoms with Gasteiger partial charge in [-0.25, -0.2) is 4.79 Å². The smallest absolute Gasteiger partial charge is 0.330 e. The molecular formula is C18H18O2S. The van der Waals surface area contributed by atoms with Gasteiger partial charge < -0.3 is 4.74 Å². The number of esters is 1. The maximum absolute atomic E-state index is 10.9. The summed E-state index contributed by atoms with van der Waals surface area (Å²) in [4.78, 5) is 10.9. The van der Waals surface area contributed by atoms with E-state index < -0.39 is 0 Å². The molecule has 2 aromatic rings. The minimum atomic E-state index is -0.361. The molecule has 0 aliphatic carbocycles. The summed E-state index contributed by atoms with van der Waals surface area (Å²) in [6, 6.07) is 18.8. The summed E-state index contributed by atoms with van der Waals surface area (Å²) in [5, 5.41) is 0. The first-order valence-corrected chi connectivity index (χ1v) is 7.97. The molecule has 108 valence electrons. The molecule has 0 unspecified atom stereocenters. The van der Waals surface area contributed by atoms with Gasteiger partial charge in [-0.05, 0) is 16.7 Å². The van der Waals surface area contributed by atoms with Gasteiger partial charge in [0.15, 0.2) is 0 Å². The van der Waals surface area contributed by atoms with E-state index in [0.29, 0.717) is 6.61 Å². The first-order chi connectivity index (χ1) is 10.3. The van der Waals surface area contributed by atoms with Gasteiger partial charge in [0.25, 0.3) is 0 Å². The highest BCUT2D eigenvalue weighted by Gasteiger charge is 2.04. The Hall–Kier alpha value is -2.00. The fourth-order valence-corrected chi connectivity index (χ4v) is 2.80. The highest BCUT2D eigenvalue weighted by Crippen LogP contribution is 2.26. The summed E-state index contributed by atoms with van der Waals surface area (Å²) < 4.78 is 4.97. The van der Waals surface area contributed by atoms with E-state index >= 15 is 0 Å². The first-order valence-electron chi connectivity index (χ1n) is 6.81. The molecule has 0 atom stereocenters. The van der Waals surface area contributed by atoms with Crippen molar-refractivity contribution in [3.8, 4) is 11.1 Å². The molecule has 0 radical (unpaired) electrons. The Balaban J connectivity index is 1.92. The number of ether oxygens (including phenoxy) is 1. The average Bonchev–Trinajstić information content (AvgIpc) is 2.55. The molecule has 0 amide bonds. The molecule has 2 rings (SSSR count). The zero-order chi connectivity index (χ0) is 14.9. The van der Waals surface area contributed by atoms with Crippen LogP contribution in [-0.4, -0.2) is 18.3 Å². The Kier molecular flexibility index (Phi) is 6.10. The predicted molar refractivity (Wildman–Crippen MR) is 89.2 cm³/mol. The number of hydrogen-bond acceptors (Lipinski definition) is 3. The van der Waals surface area contributed by atoms with Gasteiger partial charge >= 0.3 is 5.97 Å². The average molecular weight is 298 g/mol. The molecule has 0 saturated heterocycles. The van der Waals surface area contributed by atoms with Gasteiger partial charge in [0.05, 0.1) is 0 Å². The standard InChI is InChI=1S/C18H18O2S/c1-2-18(19)20-12-13-21-14-16-10-6-7-11-17(16)15-8-4-3-5-9-15/h2-11H,1,12-14H2. The van der Waals surface area contributed by atoms with E-state index in [1.807, 2.05) is 18.2 Å². The number of thioether (sulfide) groups is 1. The van der Waals surface area contributed by atoms with Gasteiger partial charge in [-0.15, -0.1) is 0 Å². The van der Waals surface area contributed by atoms with E-state index in [2.05, 4.69) is 43.0 Å². The van der Waals surface area contributed by atoms with Gasteiger partial charge in [-0.3, -0.25) is 0 Å². The molecule has 0 saturated carbocycles. The summed E-state index contributed by atoms with van der Waals surface area (Å²) in [6.45, 7) is 3.79. The van der Waals surface area contributed by atoms with E-state index in [-0.39, 0.29) is 5.97 Å². The summed E-state index contributed by atoms with van der Waals surface area (Å²) in [5.74, 6) is 1.32. The maximum Gasteiger partial charge on any atom is 0.330 e. The summed E-state index contributed by atoms with van der Waals surface area (Å²) in [7, 11) is 0. The fourth-order valence-electron chi connectivity index (χ4n) is 1.99. The third kappa shape index (κ3) is 4.80. The highest BCUT2D eigenvalue weighted by molar-refractivity contribution is 7.98. The lowest BCUT2D eigenvalue weighted by atomic mass is 10.0. The molecule has 0 aliphatic rings. The van der Waals surface area contributed by atoms with Crippen molar-refractivity contribution in [1.82, 2.24) is 0 Å². The Labute approximate surface area is 129 Å². The number of hydrogen-bond donors (Lipinski definition) is 0. The van der Waals surface area contributed by atoms with Crippen molar-refractivity contribution in [2.75, 3.05) is 12.4 Å². The second kappa shape index (κ2) is 8.32. The lowest BCUT2D eigenvalue weighted by Gasteiger charge is -2.09. The van der Waals surface area contributed by atoms with Crippen LogP contribution in [-0.2, 0) is 15.3 Å². The van der Waals surface area contributed by atoms with Crippen molar-refractivity contribution in [1.29, 1.82) is 0 Å². The topological polar surface area (TPSA) is 26.3 Å². The fraction of sp³-hybridized carbons (Fsp3) is 0.167. The van der Waals surface area contributed by atoms with Crippen molar-refractivity contribution >= 4 is 17.7 Å². The van der Waals surface area contributed by atoms with E-state index in [1.54, 1.807) is 11.8 Å². The van der Waals surface area contributed by atoms with Crippen molar-refractivity contribution in [2.45, 2.75) is 5.75 Å². The lowest BCUT2D eigenvalue weighted by Crippen LogP contribution is -2.03. The van der Waals surface area contributed by atoms with Gasteiger partial charge in [0, 0.05) is 17.6 Å². The number of carbonyl (C=O) groups excluding carboxylic acids is 1. The van der Waals surface area contributed by atoms with Crippen LogP contribution in [0.25, 0.3) is 11.1 Å². The molecule has 21 heavy (non-hydrogen) atoms. The lowest BCUT2D eigenvalue weighted by molar-refractivity contribution is -0.137. The third-order valence-corrected chi connectivity index (χ3v) is 3.97. The minimum absolute atomic E-state index is 0.361. The Morgan fingerprint density at radius 1 is 1.10 bits per heavy atom. The first kappa shape index (κ1) is 15.4. The summed E-state index contributed by atoms with van der Waals surface area (Å²) >= 11 is 1.76. The van der Waals surface area contributed by atoms with Crippen LogP contribution in [0.15, 0.2) is 67.3 Å². The Morgan fingerprint density at radius 2 is 1.81 bits per heavy atom. The van der Waals surface area contributed by atoms with Crippen LogP contribution in [0, 0.1) is 0 Å². The number of carbonyl (C=O) groups is 1. The van der Waals surface area contributed by atoms with E-state index in [0.717, 1.165) is 11.5 Å². The Bertz CT molecular complexity index is 593. The second-order valence-electron chi connectivity index (χ2n) is 4.45. The quantitative estimate of drug-likeness (QED) is 0.433. The molecule has 0 fully saturated rings. The Morgan fingerprint density at radius 3 is 2.57 bits per heavy atom. The molecule has 0 spiro atoms. The maximum atomic E-state index is 10.9. The molecule has 0 N–H and O–H groups in total. The molecule has 0 aliphatic heterocycles. The molecular weight excluding hydrogens is 280 g/mol. The van der Waals surface area contributed by atoms with Crippen LogP contribution < -0.4 is 0 Å². The minimum Gasteiger partial charge on any atom is -0.462 e. The number of rotatable bonds is 7. The van der Waals surface area contributed by atoms with Crippen molar-refractivity contribution in [2.24, 2.45) is 0 Å². The molecule has 0 heterocycles. The van der Waals surface area contributed by atoms with Crippen LogP contribution in [0.4, 0.5) is 0 Å². The van der Waals surface area contributed by atoms with Gasteiger partial charge in [-0.2, -0.15) is 11.8 Å². The molecule has 3 heteroatoms. The molecule has 2 aromatic carbocycles. The second-order valence-corrected chi connectivity index (χ2v) is 5.55. The molecule has 2 nitrogen and oxygen atoms in total. The molecule has 0 aromatic heterocycles. The highest BCUT2D eigenvalue weighted by atomic mass is 32.2. The van der Waals surface area contributed by atoms with Crippen LogP contribution >= 0.6 is 11.8 Å². The third-order valence-electron chi connectivity index (χ3n) is 3.00. The van der Waals surface area contributed by atoms with Crippen molar-refractivity contribution < 1.29 is 9.53 Å². The SMILES string of the molecule is C=CC(=O)OCCSCc1ccccc1-c1ccccc1. The zero-order valence-corrected chi connectivity index (χ0v) is 12.6. The van der Waals surface area contributed by atoms with E-state index in [9.17, 15) is 4.79 Å². The summed E-state index contributed by atoms with van der Waals surface area (Å²) in [6.07, 6.45) is 1.19. The van der Waals surface area contributed by atoms with Gasteiger partial charge in [0.2, 0.25) is 0 Å². The van der Waals surface area contributed by atoms with Crippen LogP contribution in [0.5, 0.6) is 0 Å². The van der Waals surface area contributed by atoms with Gasteiger partial charge in [0.1, 0.15) is 6.61 Å². The zero-order valence-electron chi connectivity index (χ0n) is 11.8. The van der Waals surface area contributed by atoms with Crippen LogP contribution in [0.3, 0.4) is 0 Å². The normalized spacial score (nSPS) is 10.1. The molecule has 0 bridgehead atoms. The van der Waals surface area contributed by atoms with Crippen LogP contribution in [0.2, 0.25) is 0 Å². The monoisotopic (exact) mass is 298 g/mol. The predicted octanol–water partition coefficient (Wildman–Crippen LogP) is 4.32. The van der Waals surface area contributed by atoms with E-state index in [4.69, 9.17) is 4.74 Å². The van der Waals surface area contributed by atoms with Crippen LogP contribution in [0.1, 0.15) is 5.56 Å².